The van der Waals surface area contributed by atoms with Crippen LogP contribution in [0.5, 0.6) is 11.5 Å². The predicted molar refractivity (Wildman–Crippen MR) is 95.6 cm³/mol. The Balaban J connectivity index is 2.61. The van der Waals surface area contributed by atoms with Gasteiger partial charge in [0.05, 0.1) is 32.3 Å². The van der Waals surface area contributed by atoms with Crippen molar-refractivity contribution < 1.29 is 19.1 Å². The number of ether oxygens (including phenoxy) is 2. The van der Waals surface area contributed by atoms with Crippen LogP contribution in [0.3, 0.4) is 0 Å². The summed E-state index contributed by atoms with van der Waals surface area (Å²) >= 11 is 0. The highest BCUT2D eigenvalue weighted by Crippen LogP contribution is 2.31. The summed E-state index contributed by atoms with van der Waals surface area (Å²) in [5, 5.41) is 7.69. The van der Waals surface area contributed by atoms with Gasteiger partial charge in [0.15, 0.2) is 11.5 Å². The third-order valence-corrected chi connectivity index (χ3v) is 3.20. The zero-order valence-corrected chi connectivity index (χ0v) is 15.0. The first-order valence-electron chi connectivity index (χ1n) is 7.96. The number of hydrogen-bond donors (Lipinski definition) is 3. The zero-order valence-electron chi connectivity index (χ0n) is 15.0. The Kier molecular flexibility index (Phi) is 8.13. The number of nitrogens with one attached hydrogen (secondary N) is 3. The van der Waals surface area contributed by atoms with Gasteiger partial charge in [-0.15, -0.1) is 6.42 Å². The van der Waals surface area contributed by atoms with Gasteiger partial charge in [-0.1, -0.05) is 12.0 Å². The van der Waals surface area contributed by atoms with Crippen LogP contribution in [0.25, 0.3) is 0 Å². The maximum Gasteiger partial charge on any atom is 0.315 e. The lowest BCUT2D eigenvalue weighted by Gasteiger charge is -2.18. The largest absolute Gasteiger partial charge is 0.493 e. The fourth-order valence-corrected chi connectivity index (χ4v) is 2.01. The molecule has 1 atom stereocenters. The number of hydrogen-bond acceptors (Lipinski definition) is 4. The van der Waals surface area contributed by atoms with E-state index in [-0.39, 0.29) is 31.1 Å². The van der Waals surface area contributed by atoms with Gasteiger partial charge in [0.25, 0.3) is 0 Å². The highest BCUT2D eigenvalue weighted by molar-refractivity contribution is 5.84. The van der Waals surface area contributed by atoms with Crippen molar-refractivity contribution in [2.24, 2.45) is 0 Å². The van der Waals surface area contributed by atoms with Gasteiger partial charge < -0.3 is 25.4 Å². The van der Waals surface area contributed by atoms with Gasteiger partial charge in [0.2, 0.25) is 5.91 Å². The number of amides is 3. The molecule has 7 nitrogen and oxygen atoms in total. The summed E-state index contributed by atoms with van der Waals surface area (Å²) in [7, 11) is 1.56. The number of methoxy groups -OCH3 is 1. The molecule has 1 aromatic rings. The number of urea groups is 1. The van der Waals surface area contributed by atoms with E-state index in [0.717, 1.165) is 5.56 Å². The Morgan fingerprint density at radius 1 is 1.20 bits per heavy atom. The zero-order chi connectivity index (χ0) is 18.8. The van der Waals surface area contributed by atoms with Crippen molar-refractivity contribution in [1.29, 1.82) is 0 Å². The molecule has 0 saturated heterocycles. The Morgan fingerprint density at radius 3 is 2.52 bits per heavy atom. The summed E-state index contributed by atoms with van der Waals surface area (Å²) in [4.78, 5) is 23.3. The Morgan fingerprint density at radius 2 is 1.92 bits per heavy atom. The van der Waals surface area contributed by atoms with E-state index in [0.29, 0.717) is 11.5 Å². The molecule has 3 N–H and O–H groups in total. The van der Waals surface area contributed by atoms with E-state index >= 15 is 0 Å². The Bertz CT molecular complexity index is 638. The second-order valence-electron chi connectivity index (χ2n) is 5.61. The summed E-state index contributed by atoms with van der Waals surface area (Å²) in [5.74, 6) is 3.17. The summed E-state index contributed by atoms with van der Waals surface area (Å²) < 4.78 is 11.0. The maximum absolute atomic E-state index is 11.9. The average Bonchev–Trinajstić information content (AvgIpc) is 2.57. The van der Waals surface area contributed by atoms with Crippen LogP contribution in [0.1, 0.15) is 32.4 Å². The molecule has 0 bridgehead atoms. The van der Waals surface area contributed by atoms with E-state index in [1.165, 1.54) is 0 Å². The lowest BCUT2D eigenvalue weighted by atomic mass is 10.1. The molecule has 1 unspecified atom stereocenters. The average molecular weight is 347 g/mol. The first kappa shape index (κ1) is 20.2. The van der Waals surface area contributed by atoms with E-state index < -0.39 is 6.03 Å². The molecule has 3 amide bonds. The second kappa shape index (κ2) is 10.1. The van der Waals surface area contributed by atoms with Crippen LogP contribution < -0.4 is 25.4 Å². The van der Waals surface area contributed by atoms with Gasteiger partial charge in [0, 0.05) is 0 Å². The molecule has 0 spiro atoms. The maximum atomic E-state index is 11.9. The molecule has 0 aromatic heterocycles. The minimum absolute atomic E-state index is 0.0293. The first-order chi connectivity index (χ1) is 11.9. The molecule has 0 heterocycles. The van der Waals surface area contributed by atoms with Crippen LogP contribution >= 0.6 is 0 Å². The van der Waals surface area contributed by atoms with Gasteiger partial charge in [0.1, 0.15) is 0 Å². The second-order valence-corrected chi connectivity index (χ2v) is 5.61. The van der Waals surface area contributed by atoms with Gasteiger partial charge in [-0.05, 0) is 38.5 Å². The molecule has 25 heavy (non-hydrogen) atoms. The molecule has 0 aliphatic heterocycles. The van der Waals surface area contributed by atoms with Crippen molar-refractivity contribution >= 4 is 11.9 Å². The number of terminal acetylenes is 1. The number of carbonyl (C=O) groups excluding carboxylic acids is 2. The minimum Gasteiger partial charge on any atom is -0.493 e. The quantitative estimate of drug-likeness (QED) is 0.623. The molecular formula is C18H25N3O4. The standard InChI is InChI=1S/C18H25N3O4/c1-6-9-19-17(22)11-20-18(23)21-13(4)14-7-8-15(25-12(2)3)16(10-14)24-5/h1,7-8,10,12-13H,9,11H2,2-5H3,(H,19,22)(H2,20,21,23). The van der Waals surface area contributed by atoms with E-state index in [4.69, 9.17) is 15.9 Å². The van der Waals surface area contributed by atoms with Crippen LogP contribution in [-0.2, 0) is 4.79 Å². The molecule has 1 rings (SSSR count). The normalized spacial score (nSPS) is 11.2. The highest BCUT2D eigenvalue weighted by Gasteiger charge is 2.14. The van der Waals surface area contributed by atoms with Crippen molar-refractivity contribution in [3.8, 4) is 23.8 Å². The van der Waals surface area contributed by atoms with Crippen molar-refractivity contribution in [3.63, 3.8) is 0 Å². The third kappa shape index (κ3) is 7.04. The molecule has 0 saturated carbocycles. The first-order valence-corrected chi connectivity index (χ1v) is 7.96. The summed E-state index contributed by atoms with van der Waals surface area (Å²) in [5.41, 5.74) is 0.847. The van der Waals surface area contributed by atoms with Crippen molar-refractivity contribution in [1.82, 2.24) is 16.0 Å². The van der Waals surface area contributed by atoms with Gasteiger partial charge in [-0.2, -0.15) is 0 Å². The SMILES string of the molecule is C#CCNC(=O)CNC(=O)NC(C)c1ccc(OC(C)C)c(OC)c1. The molecule has 7 heteroatoms. The number of benzene rings is 1. The van der Waals surface area contributed by atoms with E-state index in [2.05, 4.69) is 21.9 Å². The molecule has 0 aliphatic carbocycles. The van der Waals surface area contributed by atoms with Crippen LogP contribution in [-0.4, -0.2) is 38.2 Å². The molecule has 1 aromatic carbocycles. The minimum atomic E-state index is -0.454. The Hall–Kier alpha value is -2.88. The lowest BCUT2D eigenvalue weighted by Crippen LogP contribution is -2.42. The van der Waals surface area contributed by atoms with Gasteiger partial charge in [-0.3, -0.25) is 4.79 Å². The van der Waals surface area contributed by atoms with Crippen molar-refractivity contribution in [2.75, 3.05) is 20.2 Å². The predicted octanol–water partition coefficient (Wildman–Crippen LogP) is 1.59. The smallest absolute Gasteiger partial charge is 0.315 e. The van der Waals surface area contributed by atoms with Crippen LogP contribution in [0.4, 0.5) is 4.79 Å². The van der Waals surface area contributed by atoms with Crippen LogP contribution in [0.2, 0.25) is 0 Å². The fourth-order valence-electron chi connectivity index (χ4n) is 2.01. The highest BCUT2D eigenvalue weighted by atomic mass is 16.5. The van der Waals surface area contributed by atoms with E-state index in [9.17, 15) is 9.59 Å². The molecule has 0 aliphatic rings. The van der Waals surface area contributed by atoms with Gasteiger partial charge in [-0.25, -0.2) is 4.79 Å². The van der Waals surface area contributed by atoms with Crippen molar-refractivity contribution in [3.05, 3.63) is 23.8 Å². The van der Waals surface area contributed by atoms with E-state index in [1.807, 2.05) is 32.9 Å². The monoisotopic (exact) mass is 347 g/mol. The van der Waals surface area contributed by atoms with Crippen molar-refractivity contribution in [2.45, 2.75) is 32.9 Å². The molecule has 0 fully saturated rings. The molecule has 0 radical (unpaired) electrons. The number of carbonyl (C=O) groups is 2. The topological polar surface area (TPSA) is 88.7 Å². The van der Waals surface area contributed by atoms with Crippen LogP contribution in [0, 0.1) is 12.3 Å². The van der Waals surface area contributed by atoms with Crippen LogP contribution in [0.15, 0.2) is 18.2 Å². The lowest BCUT2D eigenvalue weighted by molar-refractivity contribution is -0.119. The molecule has 136 valence electrons. The summed E-state index contributed by atoms with van der Waals surface area (Å²) in [6.07, 6.45) is 5.07. The summed E-state index contributed by atoms with van der Waals surface area (Å²) in [6, 6.07) is 4.73. The van der Waals surface area contributed by atoms with E-state index in [1.54, 1.807) is 13.2 Å². The molecular weight excluding hydrogens is 322 g/mol. The number of rotatable bonds is 8. The third-order valence-electron chi connectivity index (χ3n) is 3.20. The Labute approximate surface area is 148 Å². The summed E-state index contributed by atoms with van der Waals surface area (Å²) in [6.45, 7) is 5.67. The van der Waals surface area contributed by atoms with Gasteiger partial charge >= 0.3 is 6.03 Å². The fraction of sp³-hybridized carbons (Fsp3) is 0.444.